The number of rotatable bonds is 3. The second kappa shape index (κ2) is 4.86. The SMILES string of the molecule is O=C(O)C[C@@H]1Sc2nc3c(n2[C@]1(O)c1ccccc1)CCC3. The Balaban J connectivity index is 1.89. The predicted octanol–water partition coefficient (Wildman–Crippen LogP) is 2.01. The van der Waals surface area contributed by atoms with Crippen molar-refractivity contribution in [3.63, 3.8) is 0 Å². The molecular formula is C16H16N2O3S. The van der Waals surface area contributed by atoms with Crippen molar-refractivity contribution >= 4 is 17.7 Å². The van der Waals surface area contributed by atoms with Crippen LogP contribution in [0.4, 0.5) is 0 Å². The number of fused-ring (bicyclic) bond motifs is 3. The van der Waals surface area contributed by atoms with E-state index in [1.54, 1.807) is 0 Å². The Hall–Kier alpha value is -1.79. The topological polar surface area (TPSA) is 75.3 Å². The first-order chi connectivity index (χ1) is 10.6. The van der Waals surface area contributed by atoms with Gasteiger partial charge in [0.2, 0.25) is 0 Å². The van der Waals surface area contributed by atoms with Crippen LogP contribution in [0.1, 0.15) is 29.8 Å². The van der Waals surface area contributed by atoms with Crippen LogP contribution in [0.25, 0.3) is 0 Å². The summed E-state index contributed by atoms with van der Waals surface area (Å²) in [4.78, 5) is 15.8. The molecule has 1 aromatic carbocycles. The Labute approximate surface area is 132 Å². The van der Waals surface area contributed by atoms with Crippen LogP contribution in [0, 0.1) is 0 Å². The van der Waals surface area contributed by atoms with Gasteiger partial charge in [-0.3, -0.25) is 9.36 Å². The van der Waals surface area contributed by atoms with E-state index in [-0.39, 0.29) is 6.42 Å². The average molecular weight is 316 g/mol. The Morgan fingerprint density at radius 1 is 1.36 bits per heavy atom. The smallest absolute Gasteiger partial charge is 0.304 e. The number of hydrogen-bond donors (Lipinski definition) is 2. The molecule has 1 aromatic heterocycles. The summed E-state index contributed by atoms with van der Waals surface area (Å²) >= 11 is 1.37. The third-order valence-corrected chi connectivity index (χ3v) is 5.71. The molecule has 2 N–H and O–H groups in total. The van der Waals surface area contributed by atoms with Crippen LogP contribution in [0.15, 0.2) is 35.5 Å². The van der Waals surface area contributed by atoms with Gasteiger partial charge in [-0.05, 0) is 19.3 Å². The predicted molar refractivity (Wildman–Crippen MR) is 81.9 cm³/mol. The first-order valence-corrected chi connectivity index (χ1v) is 8.26. The fourth-order valence-electron chi connectivity index (χ4n) is 3.48. The largest absolute Gasteiger partial charge is 0.481 e. The maximum Gasteiger partial charge on any atom is 0.304 e. The van der Waals surface area contributed by atoms with Gasteiger partial charge in [0.15, 0.2) is 10.9 Å². The van der Waals surface area contributed by atoms with Gasteiger partial charge in [-0.25, -0.2) is 4.98 Å². The van der Waals surface area contributed by atoms with E-state index in [2.05, 4.69) is 4.98 Å². The van der Waals surface area contributed by atoms with Gasteiger partial charge >= 0.3 is 5.97 Å². The summed E-state index contributed by atoms with van der Waals surface area (Å²) in [5.41, 5.74) is 1.48. The second-order valence-corrected chi connectivity index (χ2v) is 6.94. The van der Waals surface area contributed by atoms with Crippen molar-refractivity contribution in [3.05, 3.63) is 47.3 Å². The molecule has 0 bridgehead atoms. The molecule has 4 rings (SSSR count). The van der Waals surface area contributed by atoms with E-state index < -0.39 is 16.9 Å². The zero-order valence-electron chi connectivity index (χ0n) is 11.9. The van der Waals surface area contributed by atoms with Gasteiger partial charge in [0.05, 0.1) is 17.4 Å². The van der Waals surface area contributed by atoms with E-state index in [1.807, 2.05) is 34.9 Å². The Bertz CT molecular complexity index is 743. The number of thioether (sulfide) groups is 1. The lowest BCUT2D eigenvalue weighted by Crippen LogP contribution is -2.42. The molecule has 0 saturated carbocycles. The molecule has 1 aliphatic heterocycles. The summed E-state index contributed by atoms with van der Waals surface area (Å²) in [5.74, 6) is -0.908. The Morgan fingerprint density at radius 2 is 2.14 bits per heavy atom. The first kappa shape index (κ1) is 13.8. The van der Waals surface area contributed by atoms with E-state index >= 15 is 0 Å². The van der Waals surface area contributed by atoms with Crippen molar-refractivity contribution in [1.82, 2.24) is 9.55 Å². The van der Waals surface area contributed by atoms with Crippen LogP contribution in [0.2, 0.25) is 0 Å². The van der Waals surface area contributed by atoms with Gasteiger partial charge in [-0.2, -0.15) is 0 Å². The molecular weight excluding hydrogens is 300 g/mol. The van der Waals surface area contributed by atoms with Crippen molar-refractivity contribution in [1.29, 1.82) is 0 Å². The van der Waals surface area contributed by atoms with Crippen molar-refractivity contribution < 1.29 is 15.0 Å². The molecule has 22 heavy (non-hydrogen) atoms. The van der Waals surface area contributed by atoms with E-state index in [4.69, 9.17) is 0 Å². The molecule has 2 aliphatic rings. The molecule has 0 unspecified atom stereocenters. The second-order valence-electron chi connectivity index (χ2n) is 5.77. The zero-order chi connectivity index (χ0) is 15.3. The highest BCUT2D eigenvalue weighted by molar-refractivity contribution is 8.00. The number of carbonyl (C=O) groups is 1. The number of aliphatic hydroxyl groups is 1. The summed E-state index contributed by atoms with van der Waals surface area (Å²) in [5, 5.41) is 21.0. The maximum absolute atomic E-state index is 11.5. The number of carboxylic acids is 1. The zero-order valence-corrected chi connectivity index (χ0v) is 12.7. The van der Waals surface area contributed by atoms with Crippen LogP contribution in [0.5, 0.6) is 0 Å². The number of benzene rings is 1. The van der Waals surface area contributed by atoms with E-state index in [1.165, 1.54) is 11.8 Å². The van der Waals surface area contributed by atoms with Gasteiger partial charge in [0.1, 0.15) is 0 Å². The highest BCUT2D eigenvalue weighted by Crippen LogP contribution is 2.50. The number of aliphatic carboxylic acids is 1. The standard InChI is InChI=1S/C16H16N2O3S/c19-14(20)9-13-16(21,10-5-2-1-3-6-10)18-12-8-4-7-11(12)17-15(18)22-13/h1-3,5-6,13,21H,4,7-9H2,(H,19,20)/t13-,16-/m0/s1. The van der Waals surface area contributed by atoms with Gasteiger partial charge in [-0.1, -0.05) is 42.1 Å². The fourth-order valence-corrected chi connectivity index (χ4v) is 4.88. The van der Waals surface area contributed by atoms with Crippen molar-refractivity contribution in [2.45, 2.75) is 41.8 Å². The summed E-state index contributed by atoms with van der Waals surface area (Å²) in [6, 6.07) is 9.33. The van der Waals surface area contributed by atoms with Crippen molar-refractivity contribution in [3.8, 4) is 0 Å². The molecule has 0 amide bonds. The van der Waals surface area contributed by atoms with Crippen LogP contribution >= 0.6 is 11.8 Å². The van der Waals surface area contributed by atoms with E-state index in [9.17, 15) is 15.0 Å². The van der Waals surface area contributed by atoms with E-state index in [0.717, 1.165) is 41.4 Å². The summed E-state index contributed by atoms with van der Waals surface area (Å²) in [6.07, 6.45) is 2.76. The molecule has 1 aliphatic carbocycles. The Kier molecular flexibility index (Phi) is 3.06. The average Bonchev–Trinajstić information content (AvgIpc) is 3.12. The monoisotopic (exact) mass is 316 g/mol. The molecule has 0 fully saturated rings. The minimum absolute atomic E-state index is 0.103. The van der Waals surface area contributed by atoms with Gasteiger partial charge < -0.3 is 10.2 Å². The maximum atomic E-state index is 11.5. The number of imidazole rings is 1. The highest BCUT2D eigenvalue weighted by Gasteiger charge is 2.51. The fraction of sp³-hybridized carbons (Fsp3) is 0.375. The van der Waals surface area contributed by atoms with Crippen molar-refractivity contribution in [2.75, 3.05) is 0 Å². The van der Waals surface area contributed by atoms with Gasteiger partial charge in [-0.15, -0.1) is 0 Å². The minimum Gasteiger partial charge on any atom is -0.481 e. The molecule has 2 aromatic rings. The minimum atomic E-state index is -1.34. The van der Waals surface area contributed by atoms with Crippen LogP contribution in [-0.2, 0) is 23.4 Å². The molecule has 0 saturated heterocycles. The quantitative estimate of drug-likeness (QED) is 0.906. The van der Waals surface area contributed by atoms with Crippen LogP contribution in [-0.4, -0.2) is 31.0 Å². The molecule has 114 valence electrons. The first-order valence-electron chi connectivity index (χ1n) is 7.38. The molecule has 5 nitrogen and oxygen atoms in total. The molecule has 6 heteroatoms. The summed E-state index contributed by atoms with van der Waals surface area (Å²) in [6.45, 7) is 0. The highest BCUT2D eigenvalue weighted by atomic mass is 32.2. The summed E-state index contributed by atoms with van der Waals surface area (Å²) in [7, 11) is 0. The number of carboxylic acid groups (broad SMARTS) is 1. The normalized spacial score (nSPS) is 26.0. The molecule has 0 spiro atoms. The number of aromatic nitrogens is 2. The number of aryl methyl sites for hydroxylation is 1. The lowest BCUT2D eigenvalue weighted by molar-refractivity contribution is -0.138. The molecule has 2 heterocycles. The summed E-state index contributed by atoms with van der Waals surface area (Å²) < 4.78 is 1.88. The van der Waals surface area contributed by atoms with E-state index in [0.29, 0.717) is 0 Å². The lowest BCUT2D eigenvalue weighted by Gasteiger charge is -2.32. The van der Waals surface area contributed by atoms with Crippen LogP contribution in [0.3, 0.4) is 0 Å². The lowest BCUT2D eigenvalue weighted by atomic mass is 9.96. The van der Waals surface area contributed by atoms with Crippen LogP contribution < -0.4 is 0 Å². The van der Waals surface area contributed by atoms with Gasteiger partial charge in [0.25, 0.3) is 0 Å². The van der Waals surface area contributed by atoms with Gasteiger partial charge in [0, 0.05) is 11.3 Å². The number of nitrogens with zero attached hydrogens (tertiary/aromatic N) is 2. The third-order valence-electron chi connectivity index (χ3n) is 4.45. The molecule has 2 atom stereocenters. The third kappa shape index (κ3) is 1.84. The van der Waals surface area contributed by atoms with Crippen molar-refractivity contribution in [2.24, 2.45) is 0 Å². The Morgan fingerprint density at radius 3 is 2.86 bits per heavy atom. The molecule has 0 radical (unpaired) electrons. The number of hydrogen-bond acceptors (Lipinski definition) is 4.